The molecule has 1 aliphatic carbocycles. The number of hydrogen-bond acceptors (Lipinski definition) is 3. The van der Waals surface area contributed by atoms with Crippen molar-refractivity contribution in [2.45, 2.75) is 31.3 Å². The van der Waals surface area contributed by atoms with Gasteiger partial charge < -0.3 is 21.1 Å². The van der Waals surface area contributed by atoms with E-state index in [0.717, 1.165) is 13.0 Å². The maximum atomic E-state index is 11.4. The molecular formula is C10H19N3O2. The van der Waals surface area contributed by atoms with E-state index in [9.17, 15) is 4.79 Å². The molecule has 1 aliphatic heterocycles. The zero-order valence-corrected chi connectivity index (χ0v) is 8.87. The van der Waals surface area contributed by atoms with Gasteiger partial charge in [0.15, 0.2) is 0 Å². The highest BCUT2D eigenvalue weighted by atomic mass is 16.5. The quantitative estimate of drug-likeness (QED) is 0.606. The molecule has 4 N–H and O–H groups in total. The largest absolute Gasteiger partial charge is 0.379 e. The van der Waals surface area contributed by atoms with Crippen molar-refractivity contribution in [3.8, 4) is 0 Å². The summed E-state index contributed by atoms with van der Waals surface area (Å²) in [7, 11) is 0. The van der Waals surface area contributed by atoms with Crippen LogP contribution in [0, 0.1) is 5.92 Å². The number of amides is 2. The molecule has 1 saturated heterocycles. The Hall–Kier alpha value is -0.810. The average molecular weight is 213 g/mol. The number of ether oxygens (including phenoxy) is 1. The van der Waals surface area contributed by atoms with Crippen molar-refractivity contribution < 1.29 is 9.53 Å². The first-order chi connectivity index (χ1) is 7.25. The van der Waals surface area contributed by atoms with Crippen molar-refractivity contribution in [1.29, 1.82) is 0 Å². The molecule has 2 aliphatic rings. The predicted molar refractivity (Wildman–Crippen MR) is 56.5 cm³/mol. The van der Waals surface area contributed by atoms with Crippen LogP contribution in [0.15, 0.2) is 0 Å². The summed E-state index contributed by atoms with van der Waals surface area (Å²) >= 11 is 0. The molecule has 5 nitrogen and oxygen atoms in total. The molecule has 2 rings (SSSR count). The summed E-state index contributed by atoms with van der Waals surface area (Å²) < 4.78 is 5.16. The third kappa shape index (κ3) is 3.35. The van der Waals surface area contributed by atoms with Crippen molar-refractivity contribution in [3.63, 3.8) is 0 Å². The van der Waals surface area contributed by atoms with Gasteiger partial charge in [0.25, 0.3) is 0 Å². The van der Waals surface area contributed by atoms with Gasteiger partial charge in [0.2, 0.25) is 0 Å². The molecule has 2 atom stereocenters. The minimum Gasteiger partial charge on any atom is -0.379 e. The van der Waals surface area contributed by atoms with Gasteiger partial charge in [-0.1, -0.05) is 0 Å². The number of nitrogens with two attached hydrogens (primary N) is 1. The number of hydrogen-bond donors (Lipinski definition) is 3. The lowest BCUT2D eigenvalue weighted by Crippen LogP contribution is -2.46. The van der Waals surface area contributed by atoms with Gasteiger partial charge in [-0.3, -0.25) is 0 Å². The molecule has 0 aromatic carbocycles. The molecule has 1 saturated carbocycles. The topological polar surface area (TPSA) is 76.4 Å². The van der Waals surface area contributed by atoms with Crippen molar-refractivity contribution in [2.24, 2.45) is 11.7 Å². The fourth-order valence-electron chi connectivity index (χ4n) is 1.79. The zero-order chi connectivity index (χ0) is 10.7. The lowest BCUT2D eigenvalue weighted by Gasteiger charge is -2.14. The summed E-state index contributed by atoms with van der Waals surface area (Å²) in [5.74, 6) is 0.625. The maximum absolute atomic E-state index is 11.4. The van der Waals surface area contributed by atoms with E-state index in [1.54, 1.807) is 0 Å². The Labute approximate surface area is 89.7 Å². The summed E-state index contributed by atoms with van der Waals surface area (Å²) in [6.07, 6.45) is 3.32. The minimum atomic E-state index is -0.124. The van der Waals surface area contributed by atoms with Crippen LogP contribution >= 0.6 is 0 Å². The van der Waals surface area contributed by atoms with Crippen molar-refractivity contribution in [2.75, 3.05) is 19.8 Å². The third-order valence-electron chi connectivity index (χ3n) is 2.99. The van der Waals surface area contributed by atoms with Gasteiger partial charge in [0.1, 0.15) is 0 Å². The molecular weight excluding hydrogens is 194 g/mol. The Morgan fingerprint density at radius 3 is 2.87 bits per heavy atom. The van der Waals surface area contributed by atoms with Crippen LogP contribution in [0.5, 0.6) is 0 Å². The Kier molecular flexibility index (Phi) is 3.43. The zero-order valence-electron chi connectivity index (χ0n) is 8.87. The summed E-state index contributed by atoms with van der Waals surface area (Å²) in [5.41, 5.74) is 5.87. The van der Waals surface area contributed by atoms with E-state index < -0.39 is 0 Å². The van der Waals surface area contributed by atoms with E-state index in [4.69, 9.17) is 10.5 Å². The van der Waals surface area contributed by atoms with E-state index in [1.165, 1.54) is 12.8 Å². The fraction of sp³-hybridized carbons (Fsp3) is 0.900. The van der Waals surface area contributed by atoms with Gasteiger partial charge in [-0.25, -0.2) is 4.79 Å². The van der Waals surface area contributed by atoms with Gasteiger partial charge in [-0.15, -0.1) is 0 Å². The van der Waals surface area contributed by atoms with E-state index >= 15 is 0 Å². The second-order valence-corrected chi connectivity index (χ2v) is 4.42. The summed E-state index contributed by atoms with van der Waals surface area (Å²) in [6.45, 7) is 1.94. The Balaban J connectivity index is 1.59. The second kappa shape index (κ2) is 4.81. The minimum absolute atomic E-state index is 0.121. The van der Waals surface area contributed by atoms with Crippen LogP contribution in [-0.4, -0.2) is 37.9 Å². The van der Waals surface area contributed by atoms with Gasteiger partial charge in [-0.2, -0.15) is 0 Å². The van der Waals surface area contributed by atoms with Gasteiger partial charge >= 0.3 is 6.03 Å². The molecule has 2 unspecified atom stereocenters. The predicted octanol–water partition coefficient (Wildman–Crippen LogP) is -0.188. The normalized spacial score (nSPS) is 27.4. The first-order valence-electron chi connectivity index (χ1n) is 5.63. The summed E-state index contributed by atoms with van der Waals surface area (Å²) in [5, 5.41) is 5.66. The molecule has 86 valence electrons. The fourth-order valence-corrected chi connectivity index (χ4v) is 1.79. The van der Waals surface area contributed by atoms with E-state index in [0.29, 0.717) is 19.1 Å². The molecule has 0 bridgehead atoms. The Bertz CT molecular complexity index is 225. The number of rotatable bonds is 4. The lowest BCUT2D eigenvalue weighted by atomic mass is 10.2. The first-order valence-corrected chi connectivity index (χ1v) is 5.63. The van der Waals surface area contributed by atoms with Crippen LogP contribution in [0.3, 0.4) is 0 Å². The van der Waals surface area contributed by atoms with Crippen LogP contribution in [0.1, 0.15) is 19.3 Å². The highest BCUT2D eigenvalue weighted by Gasteiger charge is 2.28. The van der Waals surface area contributed by atoms with Crippen LogP contribution in [0.25, 0.3) is 0 Å². The second-order valence-electron chi connectivity index (χ2n) is 4.42. The molecule has 0 aromatic heterocycles. The number of nitrogens with one attached hydrogen (secondary N) is 2. The molecule has 2 fully saturated rings. The van der Waals surface area contributed by atoms with E-state index in [2.05, 4.69) is 10.6 Å². The molecule has 0 aromatic rings. The van der Waals surface area contributed by atoms with Crippen molar-refractivity contribution in [1.82, 2.24) is 10.6 Å². The van der Waals surface area contributed by atoms with Crippen LogP contribution < -0.4 is 16.4 Å². The van der Waals surface area contributed by atoms with Crippen LogP contribution in [-0.2, 0) is 4.74 Å². The van der Waals surface area contributed by atoms with Gasteiger partial charge in [0, 0.05) is 19.2 Å². The number of urea groups is 1. The first kappa shape index (κ1) is 10.7. The standard InChI is InChI=1S/C10H19N3O2/c11-9(7-1-2-7)5-12-10(14)13-8-3-4-15-6-8/h7-9H,1-6,11H2,(H2,12,13,14). The van der Waals surface area contributed by atoms with Gasteiger partial charge in [-0.05, 0) is 25.2 Å². The van der Waals surface area contributed by atoms with Crippen LogP contribution in [0.4, 0.5) is 4.79 Å². The third-order valence-corrected chi connectivity index (χ3v) is 2.99. The summed E-state index contributed by atoms with van der Waals surface area (Å²) in [6, 6.07) is 0.166. The summed E-state index contributed by atoms with van der Waals surface area (Å²) in [4.78, 5) is 11.4. The smallest absolute Gasteiger partial charge is 0.315 e. The van der Waals surface area contributed by atoms with Crippen LogP contribution in [0.2, 0.25) is 0 Å². The molecule has 1 heterocycles. The average Bonchev–Trinajstić information content (AvgIpc) is 2.95. The Morgan fingerprint density at radius 1 is 1.47 bits per heavy atom. The van der Waals surface area contributed by atoms with Gasteiger partial charge in [0.05, 0.1) is 12.6 Å². The SMILES string of the molecule is NC(CNC(=O)NC1CCOC1)C1CC1. The molecule has 2 amide bonds. The molecule has 0 radical (unpaired) electrons. The van der Waals surface area contributed by atoms with Crippen molar-refractivity contribution >= 4 is 6.03 Å². The molecule has 0 spiro atoms. The molecule has 15 heavy (non-hydrogen) atoms. The van der Waals surface area contributed by atoms with E-state index in [-0.39, 0.29) is 18.1 Å². The van der Waals surface area contributed by atoms with Crippen molar-refractivity contribution in [3.05, 3.63) is 0 Å². The molecule has 5 heteroatoms. The maximum Gasteiger partial charge on any atom is 0.315 e. The highest BCUT2D eigenvalue weighted by molar-refractivity contribution is 5.74. The Morgan fingerprint density at radius 2 is 2.27 bits per heavy atom. The monoisotopic (exact) mass is 213 g/mol. The number of carbonyl (C=O) groups excluding carboxylic acids is 1. The number of carbonyl (C=O) groups is 1. The highest BCUT2D eigenvalue weighted by Crippen LogP contribution is 2.31. The van der Waals surface area contributed by atoms with E-state index in [1.807, 2.05) is 0 Å². The lowest BCUT2D eigenvalue weighted by molar-refractivity contribution is 0.188.